The molecule has 0 aliphatic rings. The number of aliphatic carboxylic acids is 3. The predicted molar refractivity (Wildman–Crippen MR) is 53.6 cm³/mol. The molecule has 2 atom stereocenters. The van der Waals surface area contributed by atoms with Gasteiger partial charge in [0.15, 0.2) is 5.92 Å². The second-order valence-electron chi connectivity index (χ2n) is 2.75. The molecule has 0 radical (unpaired) electrons. The summed E-state index contributed by atoms with van der Waals surface area (Å²) in [5.74, 6) is -10.7. The molecule has 92 valence electrons. The normalized spacial score (nSPS) is 12.8. The van der Waals surface area contributed by atoms with Crippen molar-refractivity contribution in [1.82, 2.24) is 0 Å². The van der Waals surface area contributed by atoms with Crippen molar-refractivity contribution in [1.29, 1.82) is 0 Å². The van der Waals surface area contributed by atoms with Crippen molar-refractivity contribution < 1.29 is 38.8 Å². The average Bonchev–Trinajstić information content (AvgIpc) is 2.14. The molecule has 0 fully saturated rings. The van der Waals surface area contributed by atoms with Gasteiger partial charge in [0, 0.05) is 0 Å². The molecule has 0 aromatic carbocycles. The van der Waals surface area contributed by atoms with Crippen molar-refractivity contribution in [2.24, 2.45) is 11.8 Å². The van der Waals surface area contributed by atoms with Gasteiger partial charge in [0.2, 0.25) is 0 Å². The van der Waals surface area contributed by atoms with Crippen LogP contribution in [0.5, 0.6) is 0 Å². The summed E-state index contributed by atoms with van der Waals surface area (Å²) < 4.78 is 3.58. The zero-order chi connectivity index (χ0) is 12.9. The van der Waals surface area contributed by atoms with Gasteiger partial charge < -0.3 is 19.6 Å². The van der Waals surface area contributed by atoms with Crippen LogP contribution in [0.15, 0.2) is 0 Å². The van der Waals surface area contributed by atoms with Crippen LogP contribution in [0.2, 0.25) is 0 Å². The Morgan fingerprint density at radius 3 is 1.76 bits per heavy atom. The molecule has 0 aromatic rings. The third kappa shape index (κ3) is 5.87. The number of carboxylic acid groups (broad SMARTS) is 3. The summed E-state index contributed by atoms with van der Waals surface area (Å²) in [6.45, 7) is 0. The molecule has 0 spiro atoms. The van der Waals surface area contributed by atoms with Gasteiger partial charge in [-0.2, -0.15) is 0 Å². The molecule has 0 aliphatic carbocycles. The van der Waals surface area contributed by atoms with Gasteiger partial charge in [-0.3, -0.25) is 14.4 Å². The Morgan fingerprint density at radius 2 is 1.53 bits per heavy atom. The van der Waals surface area contributed by atoms with Crippen LogP contribution in [0.25, 0.3) is 0 Å². The van der Waals surface area contributed by atoms with Gasteiger partial charge in [0.05, 0.1) is 12.3 Å². The molecule has 0 aromatic heterocycles. The number of carbonyl (C=O) groups excluding carboxylic acids is 1. The Labute approximate surface area is 122 Å². The first-order valence-corrected chi connectivity index (χ1v) is 4.12. The Bertz CT molecular complexity index is 330. The van der Waals surface area contributed by atoms with Crippen LogP contribution in [0, 0.1) is 11.8 Å². The summed E-state index contributed by atoms with van der Waals surface area (Å²) in [4.78, 5) is 42.4. The molecule has 0 bridgehead atoms. The molecular formula is C7H8ClNaO8. The molecule has 0 rings (SSSR count). The van der Waals surface area contributed by atoms with Crippen LogP contribution in [0.4, 0.5) is 0 Å². The number of halogens is 1. The van der Waals surface area contributed by atoms with Gasteiger partial charge in [-0.15, -0.1) is 0 Å². The number of rotatable bonds is 6. The maximum atomic E-state index is 10.9. The third-order valence-corrected chi connectivity index (χ3v) is 1.86. The van der Waals surface area contributed by atoms with Crippen molar-refractivity contribution in [3.8, 4) is 0 Å². The van der Waals surface area contributed by atoms with Crippen molar-refractivity contribution in [3.05, 3.63) is 0 Å². The van der Waals surface area contributed by atoms with E-state index in [-0.39, 0.29) is 29.6 Å². The first kappa shape index (κ1) is 18.5. The van der Waals surface area contributed by atoms with Gasteiger partial charge in [-0.1, -0.05) is 0 Å². The molecule has 10 heteroatoms. The van der Waals surface area contributed by atoms with E-state index in [4.69, 9.17) is 15.3 Å². The van der Waals surface area contributed by atoms with E-state index in [1.165, 1.54) is 0 Å². The summed E-state index contributed by atoms with van der Waals surface area (Å²) in [5.41, 5.74) is 0. The van der Waals surface area contributed by atoms with Crippen LogP contribution in [0.1, 0.15) is 6.42 Å². The summed E-state index contributed by atoms with van der Waals surface area (Å²) in [6, 6.07) is 0. The van der Waals surface area contributed by atoms with Crippen LogP contribution < -0.4 is 0 Å². The maximum absolute atomic E-state index is 10.9. The molecule has 0 saturated heterocycles. The Kier molecular flexibility index (Phi) is 9.04. The van der Waals surface area contributed by atoms with Gasteiger partial charge in [-0.05, 0) is 0 Å². The van der Waals surface area contributed by atoms with E-state index in [0.717, 1.165) is 0 Å². The summed E-state index contributed by atoms with van der Waals surface area (Å²) >= 11 is 4.62. The second kappa shape index (κ2) is 8.29. The third-order valence-electron chi connectivity index (χ3n) is 1.71. The van der Waals surface area contributed by atoms with E-state index in [2.05, 4.69) is 16.2 Å². The van der Waals surface area contributed by atoms with Crippen molar-refractivity contribution in [2.75, 3.05) is 0 Å². The molecule has 2 unspecified atom stereocenters. The standard InChI is InChI=1S/C7H7ClO8.Na.H/c8-16-7(15)4(6(13)14)2(5(11)12)1-3(9)10;;/h2,4H,1H2,(H,9,10)(H,11,12)(H,13,14);;. The topological polar surface area (TPSA) is 138 Å². The quantitative estimate of drug-likeness (QED) is 0.411. The minimum absolute atomic E-state index is 0. The second-order valence-corrected chi connectivity index (χ2v) is 2.91. The van der Waals surface area contributed by atoms with Crippen molar-refractivity contribution in [2.45, 2.75) is 6.42 Å². The number of carbonyl (C=O) groups is 4. The molecule has 17 heavy (non-hydrogen) atoms. The molecule has 0 amide bonds. The van der Waals surface area contributed by atoms with E-state index in [1.807, 2.05) is 0 Å². The van der Waals surface area contributed by atoms with Gasteiger partial charge >= 0.3 is 53.4 Å². The SMILES string of the molecule is O=C(O)CC(C(=O)O)C(C(=O)O)C(=O)OCl.[NaH]. The molecule has 3 N–H and O–H groups in total. The Hall–Kier alpha value is -0.830. The number of carboxylic acids is 3. The molecule has 0 aliphatic heterocycles. The van der Waals surface area contributed by atoms with Crippen LogP contribution >= 0.6 is 11.9 Å². The zero-order valence-electron chi connectivity index (χ0n) is 7.62. The average molecular weight is 279 g/mol. The number of hydrogen-bond acceptors (Lipinski definition) is 5. The van der Waals surface area contributed by atoms with Crippen LogP contribution in [0.3, 0.4) is 0 Å². The monoisotopic (exact) mass is 278 g/mol. The van der Waals surface area contributed by atoms with Crippen molar-refractivity contribution >= 4 is 65.3 Å². The van der Waals surface area contributed by atoms with Gasteiger partial charge in [0.1, 0.15) is 11.9 Å². The fraction of sp³-hybridized carbons (Fsp3) is 0.429. The fourth-order valence-electron chi connectivity index (χ4n) is 1.02. The molecule has 8 nitrogen and oxygen atoms in total. The van der Waals surface area contributed by atoms with Crippen LogP contribution in [-0.4, -0.2) is 68.8 Å². The van der Waals surface area contributed by atoms with E-state index in [9.17, 15) is 19.2 Å². The zero-order valence-corrected chi connectivity index (χ0v) is 8.38. The van der Waals surface area contributed by atoms with E-state index < -0.39 is 42.1 Å². The summed E-state index contributed by atoms with van der Waals surface area (Å²) in [7, 11) is 0. The van der Waals surface area contributed by atoms with E-state index in [0.29, 0.717) is 0 Å². The van der Waals surface area contributed by atoms with E-state index in [1.54, 1.807) is 0 Å². The predicted octanol–water partition coefficient (Wildman–Crippen LogP) is -1.09. The first-order chi connectivity index (χ1) is 7.31. The van der Waals surface area contributed by atoms with Crippen LogP contribution in [-0.2, 0) is 23.5 Å². The van der Waals surface area contributed by atoms with Gasteiger partial charge in [0.25, 0.3) is 0 Å². The van der Waals surface area contributed by atoms with Crippen molar-refractivity contribution in [3.63, 3.8) is 0 Å². The summed E-state index contributed by atoms with van der Waals surface area (Å²) in [5, 5.41) is 25.6. The van der Waals surface area contributed by atoms with E-state index >= 15 is 0 Å². The molecule has 0 heterocycles. The Balaban J connectivity index is 0. The summed E-state index contributed by atoms with van der Waals surface area (Å²) in [6.07, 6.45) is -1.03. The number of hydrogen-bond donors (Lipinski definition) is 3. The first-order valence-electron chi connectivity index (χ1n) is 3.81. The fourth-order valence-corrected chi connectivity index (χ4v) is 1.12. The molecule has 0 saturated carbocycles. The minimum atomic E-state index is -2.16. The molecular weight excluding hydrogens is 271 g/mol. The van der Waals surface area contributed by atoms with Gasteiger partial charge in [-0.25, -0.2) is 4.79 Å². The Morgan fingerprint density at radius 1 is 1.06 bits per heavy atom.